The number of carbonyl (C=O) groups is 1. The Kier molecular flexibility index (Phi) is 3.03. The maximum atomic E-state index is 13.3. The molecule has 4 aliphatic rings. The van der Waals surface area contributed by atoms with Crippen molar-refractivity contribution < 1.29 is 14.6 Å². The highest BCUT2D eigenvalue weighted by Gasteiger charge is 2.58. The summed E-state index contributed by atoms with van der Waals surface area (Å²) in [5, 5.41) is 0. The van der Waals surface area contributed by atoms with Gasteiger partial charge in [-0.05, 0) is 40.7 Å². The molecule has 0 N–H and O–H groups in total. The molecule has 0 saturated carbocycles. The van der Waals surface area contributed by atoms with E-state index >= 15 is 0 Å². The molecular formula is C22H18O3. The van der Waals surface area contributed by atoms with Crippen molar-refractivity contribution in [3.8, 4) is 0 Å². The molecule has 3 nitrogen and oxygen atoms in total. The molecule has 6 rings (SSSR count). The Labute approximate surface area is 146 Å². The first kappa shape index (κ1) is 14.7. The highest BCUT2D eigenvalue weighted by Crippen LogP contribution is 2.61. The molecule has 124 valence electrons. The van der Waals surface area contributed by atoms with E-state index in [1.165, 1.54) is 23.8 Å². The van der Waals surface area contributed by atoms with Crippen LogP contribution in [-0.2, 0) is 20.0 Å². The highest BCUT2D eigenvalue weighted by molar-refractivity contribution is 5.97. The van der Waals surface area contributed by atoms with Crippen LogP contribution in [0.15, 0.2) is 71.8 Å². The summed E-state index contributed by atoms with van der Waals surface area (Å²) < 4.78 is 0. The van der Waals surface area contributed by atoms with Crippen LogP contribution < -0.4 is 0 Å². The third-order valence-corrected chi connectivity index (χ3v) is 5.78. The molecule has 0 atom stereocenters. The summed E-state index contributed by atoms with van der Waals surface area (Å²) in [6, 6.07) is 16.5. The van der Waals surface area contributed by atoms with Crippen LogP contribution in [0.25, 0.3) is 0 Å². The number of hydrogen-bond donors (Lipinski definition) is 0. The van der Waals surface area contributed by atoms with Crippen molar-refractivity contribution in [3.63, 3.8) is 0 Å². The van der Waals surface area contributed by atoms with Gasteiger partial charge in [-0.25, -0.2) is 4.79 Å². The van der Waals surface area contributed by atoms with E-state index < -0.39 is 5.41 Å². The lowest BCUT2D eigenvalue weighted by atomic mass is 9.51. The molecule has 0 saturated heterocycles. The second-order valence-corrected chi connectivity index (χ2v) is 6.77. The summed E-state index contributed by atoms with van der Waals surface area (Å²) in [6.07, 6.45) is 6.26. The highest BCUT2D eigenvalue weighted by atomic mass is 17.2. The van der Waals surface area contributed by atoms with Crippen LogP contribution >= 0.6 is 0 Å². The zero-order chi connectivity index (χ0) is 17.0. The van der Waals surface area contributed by atoms with E-state index in [2.05, 4.69) is 48.6 Å². The van der Waals surface area contributed by atoms with Crippen LogP contribution in [-0.4, -0.2) is 13.1 Å². The second-order valence-electron chi connectivity index (χ2n) is 6.77. The topological polar surface area (TPSA) is 35.5 Å². The Bertz CT molecular complexity index is 904. The van der Waals surface area contributed by atoms with E-state index in [1.54, 1.807) is 0 Å². The minimum atomic E-state index is -0.940. The predicted molar refractivity (Wildman–Crippen MR) is 94.0 cm³/mol. The Morgan fingerprint density at radius 2 is 1.68 bits per heavy atom. The zero-order valence-electron chi connectivity index (χ0n) is 14.0. The molecule has 0 unspecified atom stereocenters. The summed E-state index contributed by atoms with van der Waals surface area (Å²) in [4.78, 5) is 23.3. The Morgan fingerprint density at radius 3 is 2.32 bits per heavy atom. The van der Waals surface area contributed by atoms with Crippen LogP contribution in [0.5, 0.6) is 0 Å². The SMILES string of the molecule is COOC(=O)C12C3=C(CCC=C3)C(c3ccccc31)c1ccccc12. The molecule has 0 amide bonds. The third kappa shape index (κ3) is 1.66. The molecule has 0 heterocycles. The quantitative estimate of drug-likeness (QED) is 0.612. The molecule has 4 aliphatic carbocycles. The van der Waals surface area contributed by atoms with Crippen LogP contribution in [0.4, 0.5) is 0 Å². The van der Waals surface area contributed by atoms with Crippen LogP contribution in [0.1, 0.15) is 41.0 Å². The van der Waals surface area contributed by atoms with Crippen LogP contribution in [0.2, 0.25) is 0 Å². The third-order valence-electron chi connectivity index (χ3n) is 5.78. The summed E-state index contributed by atoms with van der Waals surface area (Å²) in [6.45, 7) is 0. The lowest BCUT2D eigenvalue weighted by Gasteiger charge is -2.49. The first-order valence-corrected chi connectivity index (χ1v) is 8.64. The minimum absolute atomic E-state index is 0.226. The average molecular weight is 330 g/mol. The largest absolute Gasteiger partial charge is 0.361 e. The number of benzene rings is 2. The monoisotopic (exact) mass is 330 g/mol. The standard InChI is InChI=1S/C22H18O3/c1-24-25-21(23)22-17-11-5-2-8-14(17)20(15-9-3-6-12-18(15)22)16-10-4-7-13-19(16)22/h2-3,5-9,11-13,20H,4,10H2,1H3. The lowest BCUT2D eigenvalue weighted by Crippen LogP contribution is -2.49. The average Bonchev–Trinajstić information content (AvgIpc) is 2.67. The van der Waals surface area contributed by atoms with Gasteiger partial charge in [-0.15, -0.1) is 0 Å². The number of allylic oxidation sites excluding steroid dienone is 3. The number of rotatable bonds is 2. The van der Waals surface area contributed by atoms with Crippen molar-refractivity contribution in [1.29, 1.82) is 0 Å². The first-order valence-electron chi connectivity index (χ1n) is 8.64. The lowest BCUT2D eigenvalue weighted by molar-refractivity contribution is -0.258. The molecule has 2 aromatic rings. The molecule has 25 heavy (non-hydrogen) atoms. The van der Waals surface area contributed by atoms with E-state index in [0.717, 1.165) is 29.5 Å². The van der Waals surface area contributed by atoms with Gasteiger partial charge in [-0.1, -0.05) is 66.3 Å². The molecular weight excluding hydrogens is 312 g/mol. The molecule has 0 radical (unpaired) electrons. The molecule has 0 fully saturated rings. The van der Waals surface area contributed by atoms with E-state index in [9.17, 15) is 4.79 Å². The minimum Gasteiger partial charge on any atom is -0.297 e. The summed E-state index contributed by atoms with van der Waals surface area (Å²) in [5.41, 5.74) is 5.93. The van der Waals surface area contributed by atoms with Gasteiger partial charge >= 0.3 is 5.97 Å². The fourth-order valence-corrected chi connectivity index (χ4v) is 4.97. The maximum Gasteiger partial charge on any atom is 0.361 e. The number of carbonyl (C=O) groups excluding carboxylic acids is 1. The van der Waals surface area contributed by atoms with E-state index in [0.29, 0.717) is 0 Å². The Balaban J connectivity index is 1.94. The van der Waals surface area contributed by atoms with Crippen molar-refractivity contribution in [2.24, 2.45) is 0 Å². The fourth-order valence-electron chi connectivity index (χ4n) is 4.97. The van der Waals surface area contributed by atoms with E-state index in [4.69, 9.17) is 9.78 Å². The second kappa shape index (κ2) is 5.17. The van der Waals surface area contributed by atoms with Crippen molar-refractivity contribution in [2.45, 2.75) is 24.2 Å². The Morgan fingerprint density at radius 1 is 1.04 bits per heavy atom. The van der Waals surface area contributed by atoms with Crippen molar-refractivity contribution in [3.05, 3.63) is 94.1 Å². The predicted octanol–water partition coefficient (Wildman–Crippen LogP) is 4.18. The van der Waals surface area contributed by atoms with Gasteiger partial charge in [-0.3, -0.25) is 4.89 Å². The maximum absolute atomic E-state index is 13.3. The number of hydrogen-bond acceptors (Lipinski definition) is 3. The van der Waals surface area contributed by atoms with Crippen molar-refractivity contribution in [1.82, 2.24) is 0 Å². The van der Waals surface area contributed by atoms with Crippen molar-refractivity contribution in [2.75, 3.05) is 7.11 Å². The van der Waals surface area contributed by atoms with Gasteiger partial charge in [-0.2, -0.15) is 4.89 Å². The van der Waals surface area contributed by atoms with Gasteiger partial charge in [0, 0.05) is 5.92 Å². The van der Waals surface area contributed by atoms with Gasteiger partial charge in [0.2, 0.25) is 0 Å². The molecule has 2 aromatic carbocycles. The molecule has 0 aromatic heterocycles. The van der Waals surface area contributed by atoms with Gasteiger partial charge in [0.15, 0.2) is 0 Å². The summed E-state index contributed by atoms with van der Waals surface area (Å²) in [5.74, 6) is -0.142. The van der Waals surface area contributed by atoms with Gasteiger partial charge in [0.1, 0.15) is 5.41 Å². The van der Waals surface area contributed by atoms with Gasteiger partial charge < -0.3 is 0 Å². The summed E-state index contributed by atoms with van der Waals surface area (Å²) >= 11 is 0. The normalized spacial score (nSPS) is 25.2. The van der Waals surface area contributed by atoms with Crippen LogP contribution in [0, 0.1) is 0 Å². The summed E-state index contributed by atoms with van der Waals surface area (Å²) in [7, 11) is 1.38. The van der Waals surface area contributed by atoms with E-state index in [1.807, 2.05) is 12.1 Å². The molecule has 0 spiro atoms. The fraction of sp³-hybridized carbons (Fsp3) is 0.227. The van der Waals surface area contributed by atoms with Crippen molar-refractivity contribution >= 4 is 5.97 Å². The molecule has 3 heteroatoms. The first-order chi connectivity index (χ1) is 12.3. The Hall–Kier alpha value is -2.65. The zero-order valence-corrected chi connectivity index (χ0v) is 14.0. The van der Waals surface area contributed by atoms with E-state index in [-0.39, 0.29) is 11.9 Å². The molecule has 2 bridgehead atoms. The molecule has 0 aliphatic heterocycles. The van der Waals surface area contributed by atoms with Gasteiger partial charge in [0.25, 0.3) is 0 Å². The van der Waals surface area contributed by atoms with Gasteiger partial charge in [0.05, 0.1) is 7.11 Å². The van der Waals surface area contributed by atoms with Crippen LogP contribution in [0.3, 0.4) is 0 Å². The smallest absolute Gasteiger partial charge is 0.297 e.